The smallest absolute Gasteiger partial charge is 0.343 e. The van der Waals surface area contributed by atoms with Crippen LogP contribution >= 0.6 is 0 Å². The number of hydrogen-bond acceptors (Lipinski definition) is 6. The van der Waals surface area contributed by atoms with Gasteiger partial charge in [0.05, 0.1) is 29.0 Å². The molecule has 0 N–H and O–H groups in total. The number of fused-ring (bicyclic) bond motifs is 5. The molecule has 39 heavy (non-hydrogen) atoms. The Labute approximate surface area is 229 Å². The molecule has 0 fully saturated rings. The molecule has 2 unspecified atom stereocenters. The summed E-state index contributed by atoms with van der Waals surface area (Å²) in [6.45, 7) is 12.0. The molecule has 7 nitrogen and oxygen atoms in total. The maximum atomic E-state index is 14.9. The van der Waals surface area contributed by atoms with Crippen molar-refractivity contribution in [2.75, 3.05) is 21.2 Å². The van der Waals surface area contributed by atoms with Crippen molar-refractivity contribution in [3.63, 3.8) is 0 Å². The molecule has 0 spiro atoms. The van der Waals surface area contributed by atoms with Crippen molar-refractivity contribution in [1.29, 1.82) is 0 Å². The van der Waals surface area contributed by atoms with E-state index >= 15 is 0 Å². The van der Waals surface area contributed by atoms with Gasteiger partial charge < -0.3 is 18.9 Å². The molecule has 0 amide bonds. The Bertz CT molecular complexity index is 1500. The van der Waals surface area contributed by atoms with Gasteiger partial charge in [0.1, 0.15) is 12.4 Å². The molecule has 3 aromatic rings. The first-order chi connectivity index (χ1) is 18.7. The number of benzene rings is 1. The molecule has 6 rings (SSSR count). The highest BCUT2D eigenvalue weighted by Gasteiger charge is 2.47. The lowest BCUT2D eigenvalue weighted by Crippen LogP contribution is -2.45. The Morgan fingerprint density at radius 1 is 1.15 bits per heavy atom. The number of nitrogens with zero attached hydrogens (tertiary/aromatic N) is 3. The Morgan fingerprint density at radius 3 is 2.46 bits per heavy atom. The van der Waals surface area contributed by atoms with Gasteiger partial charge in [-0.15, -0.1) is 0 Å². The Kier molecular flexibility index (Phi) is 8.01. The molecule has 3 aliphatic rings. The van der Waals surface area contributed by atoms with E-state index in [4.69, 9.17) is 14.5 Å². The number of methoxy groups -OCH3 is 1. The van der Waals surface area contributed by atoms with Gasteiger partial charge in [0.25, 0.3) is 5.56 Å². The highest BCUT2D eigenvalue weighted by Crippen LogP contribution is 2.47. The molecule has 0 saturated heterocycles. The van der Waals surface area contributed by atoms with E-state index < -0.39 is 11.6 Å². The lowest BCUT2D eigenvalue weighted by molar-refractivity contribution is -0.176. The summed E-state index contributed by atoms with van der Waals surface area (Å²) in [5, 5.41) is 1.01. The van der Waals surface area contributed by atoms with E-state index in [1.54, 1.807) is 4.57 Å². The van der Waals surface area contributed by atoms with Crippen LogP contribution in [-0.2, 0) is 39.4 Å². The molecule has 2 aromatic heterocycles. The van der Waals surface area contributed by atoms with Crippen molar-refractivity contribution in [3.05, 3.63) is 61.7 Å². The number of carbonyl (C=O) groups is 1. The van der Waals surface area contributed by atoms with Gasteiger partial charge in [-0.2, -0.15) is 0 Å². The van der Waals surface area contributed by atoms with Crippen LogP contribution in [0.4, 0.5) is 4.39 Å². The molecule has 0 radical (unpaired) electrons. The van der Waals surface area contributed by atoms with Crippen LogP contribution in [0.3, 0.4) is 0 Å². The van der Waals surface area contributed by atoms with E-state index in [1.807, 2.05) is 47.6 Å². The largest absolute Gasteiger partial charge is 0.458 e. The van der Waals surface area contributed by atoms with Crippen LogP contribution in [0.5, 0.6) is 0 Å². The lowest BCUT2D eigenvalue weighted by atomic mass is 9.81. The van der Waals surface area contributed by atoms with Crippen LogP contribution in [-0.4, -0.2) is 41.6 Å². The van der Waals surface area contributed by atoms with Crippen molar-refractivity contribution in [2.45, 2.75) is 85.6 Å². The summed E-state index contributed by atoms with van der Waals surface area (Å²) in [6.07, 6.45) is 1.98. The first-order valence-corrected chi connectivity index (χ1v) is 14.0. The average molecular weight is 538 g/mol. The van der Waals surface area contributed by atoms with Gasteiger partial charge in [-0.3, -0.25) is 4.79 Å². The number of hydrogen-bond donors (Lipinski definition) is 0. The molecular weight excluding hydrogens is 497 g/mol. The third kappa shape index (κ3) is 4.02. The molecule has 0 bridgehead atoms. The van der Waals surface area contributed by atoms with Gasteiger partial charge in [0, 0.05) is 35.7 Å². The molecule has 0 saturated carbocycles. The normalized spacial score (nSPS) is 20.3. The van der Waals surface area contributed by atoms with Crippen molar-refractivity contribution in [1.82, 2.24) is 14.5 Å². The third-order valence-corrected chi connectivity index (χ3v) is 8.29. The molecular formula is C31H40FN3O4. The van der Waals surface area contributed by atoms with Crippen molar-refractivity contribution < 1.29 is 18.7 Å². The van der Waals surface area contributed by atoms with Crippen LogP contribution in [0.25, 0.3) is 22.3 Å². The number of aromatic nitrogens is 2. The summed E-state index contributed by atoms with van der Waals surface area (Å²) in [5.41, 5.74) is 5.16. The van der Waals surface area contributed by atoms with Crippen LogP contribution in [0, 0.1) is 12.7 Å². The standard InChI is InChI=1S/C27H28FN3O4.2C2H6/c1-6-27(34-5)17-9-21-24-15(11-31(21)25(32)16(17)12-35-26(27)33)23-20(30(3)4)8-7-14-13(2)18(28)10-19(29-24)22(14)23;2*1-2/h9-10,20H,6-8,11-12H2,1-5H3;2*1-2H3. The number of cyclic esters (lactones) is 1. The zero-order valence-corrected chi connectivity index (χ0v) is 24.6. The average Bonchev–Trinajstić information content (AvgIpc) is 3.32. The Balaban J connectivity index is 0.000000845. The maximum absolute atomic E-state index is 14.9. The predicted octanol–water partition coefficient (Wildman–Crippen LogP) is 5.78. The highest BCUT2D eigenvalue weighted by atomic mass is 19.1. The highest BCUT2D eigenvalue weighted by molar-refractivity contribution is 5.93. The van der Waals surface area contributed by atoms with E-state index in [-0.39, 0.29) is 24.0 Å². The number of pyridine rings is 2. The minimum atomic E-state index is -1.33. The van der Waals surface area contributed by atoms with Gasteiger partial charge in [-0.05, 0) is 63.0 Å². The van der Waals surface area contributed by atoms with Crippen molar-refractivity contribution in [2.24, 2.45) is 0 Å². The number of rotatable bonds is 3. The molecule has 4 heterocycles. The van der Waals surface area contributed by atoms with Crippen molar-refractivity contribution in [3.8, 4) is 11.4 Å². The molecule has 2 aliphatic heterocycles. The first-order valence-electron chi connectivity index (χ1n) is 14.0. The number of carbonyl (C=O) groups excluding carboxylic acids is 1. The second-order valence-electron chi connectivity index (χ2n) is 10.0. The van der Waals surface area contributed by atoms with Gasteiger partial charge in [-0.1, -0.05) is 34.6 Å². The minimum absolute atomic E-state index is 0.0775. The maximum Gasteiger partial charge on any atom is 0.343 e. The summed E-state index contributed by atoms with van der Waals surface area (Å²) in [5.74, 6) is -0.754. The SMILES string of the molecule is CC.CC.CCC1(OC)C(=O)OCc2c1cc1n(c2=O)Cc2c-1nc1cc(F)c(C)c3c1c2C(N(C)C)CC3. The van der Waals surface area contributed by atoms with Crippen LogP contribution in [0.1, 0.15) is 86.9 Å². The van der Waals surface area contributed by atoms with Gasteiger partial charge in [0.2, 0.25) is 0 Å². The van der Waals surface area contributed by atoms with Crippen LogP contribution in [0.2, 0.25) is 0 Å². The fourth-order valence-corrected chi connectivity index (χ4v) is 6.37. The van der Waals surface area contributed by atoms with E-state index in [2.05, 4.69) is 19.0 Å². The summed E-state index contributed by atoms with van der Waals surface area (Å²) in [4.78, 5) is 33.6. The lowest BCUT2D eigenvalue weighted by Gasteiger charge is -2.35. The van der Waals surface area contributed by atoms with Crippen LogP contribution in [0.15, 0.2) is 16.9 Å². The number of esters is 1. The van der Waals surface area contributed by atoms with E-state index in [9.17, 15) is 14.0 Å². The predicted molar refractivity (Wildman–Crippen MR) is 151 cm³/mol. The summed E-state index contributed by atoms with van der Waals surface area (Å²) in [6, 6.07) is 3.50. The number of ether oxygens (including phenoxy) is 2. The number of halogens is 1. The molecule has 210 valence electrons. The quantitative estimate of drug-likeness (QED) is 0.309. The summed E-state index contributed by atoms with van der Waals surface area (Å²) < 4.78 is 27.7. The Hall–Kier alpha value is -3.10. The fraction of sp³-hybridized carbons (Fsp3) is 0.516. The second kappa shape index (κ2) is 10.8. The summed E-state index contributed by atoms with van der Waals surface area (Å²) in [7, 11) is 5.56. The minimum Gasteiger partial charge on any atom is -0.458 e. The zero-order valence-electron chi connectivity index (χ0n) is 24.6. The van der Waals surface area contributed by atoms with Gasteiger partial charge in [0.15, 0.2) is 5.60 Å². The molecule has 2 atom stereocenters. The molecule has 1 aliphatic carbocycles. The van der Waals surface area contributed by atoms with E-state index in [1.165, 1.54) is 13.2 Å². The number of aryl methyl sites for hydroxylation is 1. The second-order valence-corrected chi connectivity index (χ2v) is 10.0. The van der Waals surface area contributed by atoms with Gasteiger partial charge in [-0.25, -0.2) is 14.2 Å². The molecule has 8 heteroatoms. The van der Waals surface area contributed by atoms with Gasteiger partial charge >= 0.3 is 5.97 Å². The third-order valence-electron chi connectivity index (χ3n) is 8.29. The molecule has 1 aromatic carbocycles. The topological polar surface area (TPSA) is 73.7 Å². The van der Waals surface area contributed by atoms with E-state index in [0.717, 1.165) is 34.9 Å². The Morgan fingerprint density at radius 2 is 1.85 bits per heavy atom. The van der Waals surface area contributed by atoms with Crippen molar-refractivity contribution >= 4 is 16.9 Å². The fourth-order valence-electron chi connectivity index (χ4n) is 6.37. The zero-order chi connectivity index (χ0) is 28.8. The van der Waals surface area contributed by atoms with Crippen LogP contribution < -0.4 is 5.56 Å². The summed E-state index contributed by atoms with van der Waals surface area (Å²) >= 11 is 0. The van der Waals surface area contributed by atoms with E-state index in [0.29, 0.717) is 46.6 Å². The first kappa shape index (κ1) is 28.9. The monoisotopic (exact) mass is 537 g/mol.